The molecule has 4 aliphatic rings. The third-order valence-electron chi connectivity index (χ3n) is 13.5. The van der Waals surface area contributed by atoms with E-state index in [4.69, 9.17) is 9.47 Å². The zero-order valence-electron chi connectivity index (χ0n) is 34.8. The first-order chi connectivity index (χ1) is 26.9. The highest BCUT2D eigenvalue weighted by atomic mass is 19.4. The fraction of sp³-hybridized carbons (Fsp3) is 1.00. The average molecular weight is 810 g/mol. The van der Waals surface area contributed by atoms with Crippen LogP contribution in [0.15, 0.2) is 0 Å². The molecule has 9 nitrogen and oxygen atoms in total. The first-order valence-electron chi connectivity index (χ1n) is 23.0. The van der Waals surface area contributed by atoms with Crippen LogP contribution in [0.1, 0.15) is 193 Å². The summed E-state index contributed by atoms with van der Waals surface area (Å²) in [5.41, 5.74) is 0.614. The summed E-state index contributed by atoms with van der Waals surface area (Å²) in [5, 5.41) is 65.0. The van der Waals surface area contributed by atoms with Crippen molar-refractivity contribution < 1.29 is 53.3 Å². The minimum absolute atomic E-state index is 0.203. The number of unbranched alkanes of at least 4 members (excludes halogenated alkanes) is 18. The number of hydrogen-bond donors (Lipinski definition) is 7. The Labute approximate surface area is 336 Å². The molecule has 5 unspecified atom stereocenters. The van der Waals surface area contributed by atoms with Crippen molar-refractivity contribution in [2.24, 2.45) is 11.3 Å². The smallest absolute Gasteiger partial charge is 0.394 e. The molecule has 0 aromatic rings. The summed E-state index contributed by atoms with van der Waals surface area (Å²) in [6.45, 7) is 0.933. The number of fused-ring (bicyclic) bond motifs is 3. The maximum absolute atomic E-state index is 14.4. The van der Waals surface area contributed by atoms with Crippen molar-refractivity contribution in [3.63, 3.8) is 0 Å². The van der Waals surface area contributed by atoms with E-state index >= 15 is 0 Å². The van der Waals surface area contributed by atoms with Gasteiger partial charge in [0.05, 0.1) is 31.5 Å². The summed E-state index contributed by atoms with van der Waals surface area (Å²) in [6, 6.07) is -3.35. The highest BCUT2D eigenvalue weighted by molar-refractivity contribution is 4.92. The summed E-state index contributed by atoms with van der Waals surface area (Å²) in [4.78, 5) is 0. The quantitative estimate of drug-likeness (QED) is 0.0333. The van der Waals surface area contributed by atoms with Crippen LogP contribution in [0.3, 0.4) is 0 Å². The number of ether oxygens (including phenoxy) is 2. The van der Waals surface area contributed by atoms with Gasteiger partial charge in [0.1, 0.15) is 30.5 Å². The first-order valence-corrected chi connectivity index (χ1v) is 23.0. The number of rotatable bonds is 32. The fourth-order valence-corrected chi connectivity index (χ4v) is 9.51. The number of hydrogen-bond acceptors (Lipinski definition) is 9. The van der Waals surface area contributed by atoms with Crippen LogP contribution in [0, 0.1) is 11.3 Å². The van der Waals surface area contributed by atoms with Crippen LogP contribution >= 0.6 is 0 Å². The van der Waals surface area contributed by atoms with Gasteiger partial charge in [0, 0.05) is 0 Å². The molecule has 3 saturated carbocycles. The number of aliphatic hydroxyl groups is 6. The SMILES string of the molecule is CCCCCCCCCCCCCC[C@@H](O)[C@@H](O)[C@H](COC1OC(CO)C(O)C(O)C1O)N[C@@H](CCCCCCCCCCC12CCC(CC1)CC2)C(F)(F)F. The molecule has 2 bridgehead atoms. The average Bonchev–Trinajstić information content (AvgIpc) is 3.19. The lowest BCUT2D eigenvalue weighted by Gasteiger charge is -2.47. The van der Waals surface area contributed by atoms with E-state index in [9.17, 15) is 43.8 Å². The third kappa shape index (κ3) is 18.0. The highest BCUT2D eigenvalue weighted by Gasteiger charge is 2.46. The Balaban J connectivity index is 1.43. The number of nitrogens with one attached hydrogen (secondary N) is 1. The molecule has 3 aliphatic carbocycles. The molecule has 0 radical (unpaired) electrons. The van der Waals surface area contributed by atoms with Crippen molar-refractivity contribution in [3.05, 3.63) is 0 Å². The summed E-state index contributed by atoms with van der Waals surface area (Å²) in [7, 11) is 0. The molecular weight excluding hydrogens is 727 g/mol. The minimum Gasteiger partial charge on any atom is -0.394 e. The van der Waals surface area contributed by atoms with Crippen LogP contribution in [-0.4, -0.2) is 105 Å². The van der Waals surface area contributed by atoms with Crippen LogP contribution in [0.25, 0.3) is 0 Å². The Morgan fingerprint density at radius 2 is 1.16 bits per heavy atom. The van der Waals surface area contributed by atoms with E-state index < -0.39 is 74.4 Å². The third-order valence-corrected chi connectivity index (χ3v) is 13.5. The number of aliphatic hydroxyl groups excluding tert-OH is 6. The molecule has 4 rings (SSSR count). The summed E-state index contributed by atoms with van der Waals surface area (Å²) in [6.07, 6.45) is 15.5. The first kappa shape index (κ1) is 49.8. The van der Waals surface area contributed by atoms with Crippen molar-refractivity contribution in [1.82, 2.24) is 5.32 Å². The van der Waals surface area contributed by atoms with Gasteiger partial charge in [0.15, 0.2) is 6.29 Å². The monoisotopic (exact) mass is 810 g/mol. The van der Waals surface area contributed by atoms with Gasteiger partial charge in [-0.3, -0.25) is 5.32 Å². The predicted octanol–water partition coefficient (Wildman–Crippen LogP) is 8.38. The van der Waals surface area contributed by atoms with Crippen LogP contribution in [0.4, 0.5) is 13.2 Å². The molecular formula is C44H82F3NO8. The Hall–Kier alpha value is -0.570. The normalized spacial score (nSPS) is 29.0. The van der Waals surface area contributed by atoms with E-state index in [0.29, 0.717) is 24.7 Å². The highest BCUT2D eigenvalue weighted by Crippen LogP contribution is 2.52. The van der Waals surface area contributed by atoms with Crippen molar-refractivity contribution in [2.45, 2.75) is 254 Å². The van der Waals surface area contributed by atoms with Gasteiger partial charge in [0.25, 0.3) is 0 Å². The Bertz CT molecular complexity index is 971. The van der Waals surface area contributed by atoms with Crippen molar-refractivity contribution >= 4 is 0 Å². The zero-order valence-corrected chi connectivity index (χ0v) is 34.8. The van der Waals surface area contributed by atoms with Crippen molar-refractivity contribution in [2.75, 3.05) is 13.2 Å². The second-order valence-electron chi connectivity index (χ2n) is 18.0. The van der Waals surface area contributed by atoms with E-state index in [0.717, 1.165) is 50.9 Å². The fourth-order valence-electron chi connectivity index (χ4n) is 9.51. The van der Waals surface area contributed by atoms with Crippen LogP contribution in [0.5, 0.6) is 0 Å². The molecule has 332 valence electrons. The van der Waals surface area contributed by atoms with Gasteiger partial charge in [-0.05, 0) is 69.1 Å². The standard InChI is InChI=1S/C44H82F3NO8/c1-2-3-4-5-6-7-8-9-10-13-16-19-22-35(50)38(51)34(32-55-42-41(54)40(53)39(52)36(31-49)56-42)48-37(44(45,46)47)23-20-17-14-11-12-15-18-21-27-43-28-24-33(25-29-43)26-30-43/h33-42,48-54H,2-32H2,1H3/t33?,34-,35+,36?,37-,38-,39?,40?,41?,42?,43?/m0/s1. The molecule has 1 saturated heterocycles. The second-order valence-corrected chi connectivity index (χ2v) is 18.0. The molecule has 56 heavy (non-hydrogen) atoms. The van der Waals surface area contributed by atoms with Crippen molar-refractivity contribution in [3.8, 4) is 0 Å². The molecule has 4 fully saturated rings. The van der Waals surface area contributed by atoms with E-state index in [2.05, 4.69) is 12.2 Å². The van der Waals surface area contributed by atoms with Gasteiger partial charge >= 0.3 is 6.18 Å². The van der Waals surface area contributed by atoms with E-state index in [1.54, 1.807) is 0 Å². The van der Waals surface area contributed by atoms with Crippen molar-refractivity contribution in [1.29, 1.82) is 0 Å². The topological polar surface area (TPSA) is 152 Å². The van der Waals surface area contributed by atoms with Crippen LogP contribution in [0.2, 0.25) is 0 Å². The molecule has 1 heterocycles. The lowest BCUT2D eigenvalue weighted by Crippen LogP contribution is -2.61. The summed E-state index contributed by atoms with van der Waals surface area (Å²) < 4.78 is 54.2. The van der Waals surface area contributed by atoms with Gasteiger partial charge in [-0.15, -0.1) is 0 Å². The molecule has 0 aromatic carbocycles. The van der Waals surface area contributed by atoms with Gasteiger partial charge < -0.3 is 40.1 Å². The zero-order chi connectivity index (χ0) is 40.8. The largest absolute Gasteiger partial charge is 0.403 e. The maximum Gasteiger partial charge on any atom is 0.403 e. The molecule has 0 amide bonds. The maximum atomic E-state index is 14.4. The minimum atomic E-state index is -4.63. The van der Waals surface area contributed by atoms with Gasteiger partial charge in [-0.25, -0.2) is 0 Å². The van der Waals surface area contributed by atoms with Crippen LogP contribution < -0.4 is 5.32 Å². The van der Waals surface area contributed by atoms with Gasteiger partial charge in [0.2, 0.25) is 0 Å². The number of halogens is 3. The second kappa shape index (κ2) is 27.3. The summed E-state index contributed by atoms with van der Waals surface area (Å²) in [5.74, 6) is 0.984. The van der Waals surface area contributed by atoms with E-state index in [1.165, 1.54) is 109 Å². The molecule has 0 spiro atoms. The predicted molar refractivity (Wildman–Crippen MR) is 214 cm³/mol. The lowest BCUT2D eigenvalue weighted by molar-refractivity contribution is -0.303. The molecule has 9 atom stereocenters. The summed E-state index contributed by atoms with van der Waals surface area (Å²) >= 11 is 0. The molecule has 1 aliphatic heterocycles. The molecule has 12 heteroatoms. The van der Waals surface area contributed by atoms with E-state index in [-0.39, 0.29) is 12.8 Å². The van der Waals surface area contributed by atoms with Crippen LogP contribution in [-0.2, 0) is 9.47 Å². The van der Waals surface area contributed by atoms with E-state index in [1.807, 2.05) is 0 Å². The Morgan fingerprint density at radius 3 is 1.66 bits per heavy atom. The Kier molecular flexibility index (Phi) is 24.3. The van der Waals surface area contributed by atoms with Gasteiger partial charge in [-0.1, -0.05) is 135 Å². The molecule has 0 aromatic heterocycles. The molecule has 7 N–H and O–H groups in total. The van der Waals surface area contributed by atoms with Gasteiger partial charge in [-0.2, -0.15) is 13.2 Å². The number of alkyl halides is 3. The lowest BCUT2D eigenvalue weighted by atomic mass is 9.59. The Morgan fingerprint density at radius 1 is 0.679 bits per heavy atom.